The van der Waals surface area contributed by atoms with Gasteiger partial charge in [0.05, 0.1) is 5.75 Å². The van der Waals surface area contributed by atoms with Gasteiger partial charge in [-0.3, -0.25) is 9.59 Å². The van der Waals surface area contributed by atoms with Crippen LogP contribution in [0.1, 0.15) is 48.9 Å². The Morgan fingerprint density at radius 3 is 2.37 bits per heavy atom. The highest BCUT2D eigenvalue weighted by molar-refractivity contribution is 7.99. The highest BCUT2D eigenvalue weighted by Gasteiger charge is 2.28. The molecule has 0 spiro atoms. The van der Waals surface area contributed by atoms with Crippen LogP contribution in [0.4, 0.5) is 0 Å². The van der Waals surface area contributed by atoms with Gasteiger partial charge in [-0.2, -0.15) is 0 Å². The minimum atomic E-state index is -0.454. The first-order valence-corrected chi connectivity index (χ1v) is 11.9. The Morgan fingerprint density at radius 2 is 1.73 bits per heavy atom. The molecule has 1 atom stereocenters. The highest BCUT2D eigenvalue weighted by Crippen LogP contribution is 2.18. The van der Waals surface area contributed by atoms with Crippen molar-refractivity contribution in [3.05, 3.63) is 70.8 Å². The summed E-state index contributed by atoms with van der Waals surface area (Å²) in [6.45, 7) is 9.18. The lowest BCUT2D eigenvalue weighted by Gasteiger charge is -2.30. The Kier molecular flexibility index (Phi) is 9.95. The summed E-state index contributed by atoms with van der Waals surface area (Å²) < 4.78 is 0. The molecule has 0 bridgehead atoms. The van der Waals surface area contributed by atoms with Crippen molar-refractivity contribution in [2.45, 2.75) is 58.9 Å². The van der Waals surface area contributed by atoms with E-state index in [1.54, 1.807) is 16.7 Å². The summed E-state index contributed by atoms with van der Waals surface area (Å²) in [7, 11) is 0. The third-order valence-electron chi connectivity index (χ3n) is 4.99. The summed E-state index contributed by atoms with van der Waals surface area (Å²) in [5.74, 6) is 1.08. The van der Waals surface area contributed by atoms with Gasteiger partial charge in [0.2, 0.25) is 11.8 Å². The van der Waals surface area contributed by atoms with Gasteiger partial charge in [0.1, 0.15) is 6.04 Å². The van der Waals surface area contributed by atoms with E-state index in [2.05, 4.69) is 30.4 Å². The minimum absolute atomic E-state index is 0.00623. The molecule has 162 valence electrons. The second kappa shape index (κ2) is 12.4. The third-order valence-corrected chi connectivity index (χ3v) is 5.97. The Hall–Kier alpha value is -2.27. The van der Waals surface area contributed by atoms with E-state index < -0.39 is 6.04 Å². The molecule has 0 radical (unpaired) electrons. The first kappa shape index (κ1) is 24.0. The quantitative estimate of drug-likeness (QED) is 0.558. The molecule has 0 fully saturated rings. The number of nitrogens with one attached hydrogen (secondary N) is 1. The SMILES string of the molecule is CCCNC(=O)[C@@H](CC)N(Cc1ccc(C)cc1)C(=O)CSCc1cccc(C)c1. The van der Waals surface area contributed by atoms with Gasteiger partial charge in [-0.15, -0.1) is 11.8 Å². The fourth-order valence-corrected chi connectivity index (χ4v) is 4.17. The average molecular weight is 427 g/mol. The van der Waals surface area contributed by atoms with Crippen molar-refractivity contribution in [1.29, 1.82) is 0 Å². The Bertz CT molecular complexity index is 820. The molecule has 5 heteroatoms. The maximum absolute atomic E-state index is 13.2. The van der Waals surface area contributed by atoms with Gasteiger partial charge in [0, 0.05) is 18.8 Å². The molecule has 0 saturated heterocycles. The van der Waals surface area contributed by atoms with Crippen LogP contribution in [0.25, 0.3) is 0 Å². The van der Waals surface area contributed by atoms with E-state index in [1.165, 1.54) is 16.7 Å². The first-order chi connectivity index (χ1) is 14.4. The third kappa shape index (κ3) is 7.52. The smallest absolute Gasteiger partial charge is 0.242 e. The summed E-state index contributed by atoms with van der Waals surface area (Å²) in [6.07, 6.45) is 1.47. The summed E-state index contributed by atoms with van der Waals surface area (Å²) in [5, 5.41) is 2.96. The number of benzene rings is 2. The number of hydrogen-bond donors (Lipinski definition) is 1. The predicted octanol–water partition coefficient (Wildman–Crippen LogP) is 4.87. The number of hydrogen-bond acceptors (Lipinski definition) is 3. The molecule has 2 amide bonds. The second-order valence-electron chi connectivity index (χ2n) is 7.70. The molecule has 2 aromatic rings. The van der Waals surface area contributed by atoms with Crippen LogP contribution in [0, 0.1) is 13.8 Å². The zero-order valence-corrected chi connectivity index (χ0v) is 19.4. The fraction of sp³-hybridized carbons (Fsp3) is 0.440. The van der Waals surface area contributed by atoms with Crippen molar-refractivity contribution in [2.24, 2.45) is 0 Å². The summed E-state index contributed by atoms with van der Waals surface area (Å²) >= 11 is 1.60. The number of rotatable bonds is 11. The molecule has 0 aliphatic rings. The van der Waals surface area contributed by atoms with Gasteiger partial charge < -0.3 is 10.2 Å². The summed E-state index contributed by atoms with van der Waals surface area (Å²) in [5.41, 5.74) is 4.65. The van der Waals surface area contributed by atoms with Crippen LogP contribution in [-0.2, 0) is 21.9 Å². The van der Waals surface area contributed by atoms with Gasteiger partial charge in [-0.25, -0.2) is 0 Å². The van der Waals surface area contributed by atoms with Crippen LogP contribution in [0.15, 0.2) is 48.5 Å². The van der Waals surface area contributed by atoms with Gasteiger partial charge in [0.25, 0.3) is 0 Å². The van der Waals surface area contributed by atoms with Crippen LogP contribution in [-0.4, -0.2) is 35.1 Å². The summed E-state index contributed by atoms with van der Waals surface area (Å²) in [4.78, 5) is 27.7. The fourth-order valence-electron chi connectivity index (χ4n) is 3.32. The predicted molar refractivity (Wildman–Crippen MR) is 126 cm³/mol. The molecule has 30 heavy (non-hydrogen) atoms. The van der Waals surface area contributed by atoms with Crippen molar-refractivity contribution >= 4 is 23.6 Å². The molecule has 4 nitrogen and oxygen atoms in total. The minimum Gasteiger partial charge on any atom is -0.354 e. The molecule has 1 N–H and O–H groups in total. The first-order valence-electron chi connectivity index (χ1n) is 10.7. The normalized spacial score (nSPS) is 11.7. The van der Waals surface area contributed by atoms with E-state index in [1.807, 2.05) is 51.1 Å². The Labute approximate surface area is 185 Å². The molecular formula is C25H34N2O2S. The van der Waals surface area contributed by atoms with Crippen molar-refractivity contribution in [3.8, 4) is 0 Å². The van der Waals surface area contributed by atoms with Gasteiger partial charge in [-0.05, 0) is 37.8 Å². The Balaban J connectivity index is 2.10. The average Bonchev–Trinajstić information content (AvgIpc) is 2.73. The second-order valence-corrected chi connectivity index (χ2v) is 8.69. The maximum Gasteiger partial charge on any atom is 0.242 e. The number of carbonyl (C=O) groups is 2. The molecule has 0 heterocycles. The topological polar surface area (TPSA) is 49.4 Å². The van der Waals surface area contributed by atoms with Crippen molar-refractivity contribution < 1.29 is 9.59 Å². The van der Waals surface area contributed by atoms with Gasteiger partial charge >= 0.3 is 0 Å². The van der Waals surface area contributed by atoms with Crippen molar-refractivity contribution in [2.75, 3.05) is 12.3 Å². The number of aryl methyl sites for hydroxylation is 2. The van der Waals surface area contributed by atoms with E-state index >= 15 is 0 Å². The van der Waals surface area contributed by atoms with Crippen molar-refractivity contribution in [1.82, 2.24) is 10.2 Å². The van der Waals surface area contributed by atoms with Gasteiger partial charge in [-0.1, -0.05) is 73.5 Å². The van der Waals surface area contributed by atoms with Crippen LogP contribution < -0.4 is 5.32 Å². The van der Waals surface area contributed by atoms with Crippen molar-refractivity contribution in [3.63, 3.8) is 0 Å². The molecule has 2 rings (SSSR count). The molecular weight excluding hydrogens is 392 g/mol. The highest BCUT2D eigenvalue weighted by atomic mass is 32.2. The number of thioether (sulfide) groups is 1. The summed E-state index contributed by atoms with van der Waals surface area (Å²) in [6, 6.07) is 16.1. The lowest BCUT2D eigenvalue weighted by atomic mass is 10.1. The molecule has 0 aliphatic heterocycles. The zero-order chi connectivity index (χ0) is 21.9. The van der Waals surface area contributed by atoms with Crippen LogP contribution in [0.5, 0.6) is 0 Å². The lowest BCUT2D eigenvalue weighted by Crippen LogP contribution is -2.49. The maximum atomic E-state index is 13.2. The molecule has 2 aromatic carbocycles. The number of carbonyl (C=O) groups excluding carboxylic acids is 2. The van der Waals surface area contributed by atoms with E-state index in [-0.39, 0.29) is 11.8 Å². The van der Waals surface area contributed by atoms with E-state index in [0.717, 1.165) is 17.7 Å². The monoisotopic (exact) mass is 426 g/mol. The zero-order valence-electron chi connectivity index (χ0n) is 18.6. The van der Waals surface area contributed by atoms with Crippen LogP contribution in [0.2, 0.25) is 0 Å². The number of nitrogens with zero attached hydrogens (tertiary/aromatic N) is 1. The van der Waals surface area contributed by atoms with E-state index in [4.69, 9.17) is 0 Å². The molecule has 0 saturated carbocycles. The Morgan fingerprint density at radius 1 is 1.00 bits per heavy atom. The molecule has 0 aliphatic carbocycles. The standard InChI is InChI=1S/C25H34N2O2S/c1-5-14-26-25(29)23(6-2)27(16-21-12-10-19(3)11-13-21)24(28)18-30-17-22-9-7-8-20(4)15-22/h7-13,15,23H,5-6,14,16-18H2,1-4H3,(H,26,29)/t23-/m1/s1. The molecule has 0 unspecified atom stereocenters. The molecule has 0 aromatic heterocycles. The van der Waals surface area contributed by atoms with E-state index in [9.17, 15) is 9.59 Å². The van der Waals surface area contributed by atoms with Gasteiger partial charge in [0.15, 0.2) is 0 Å². The van der Waals surface area contributed by atoms with Crippen LogP contribution in [0.3, 0.4) is 0 Å². The largest absolute Gasteiger partial charge is 0.354 e. The lowest BCUT2D eigenvalue weighted by molar-refractivity contribution is -0.139. The number of amides is 2. The van der Waals surface area contributed by atoms with Crippen LogP contribution >= 0.6 is 11.8 Å². The van der Waals surface area contributed by atoms with E-state index in [0.29, 0.717) is 25.3 Å².